The molecule has 2 N–H and O–H groups in total. The highest BCUT2D eigenvalue weighted by molar-refractivity contribution is 7.92. The van der Waals surface area contributed by atoms with E-state index < -0.39 is 15.8 Å². The third-order valence-electron chi connectivity index (χ3n) is 5.79. The number of pyridine rings is 2. The molecule has 0 radical (unpaired) electrons. The molecule has 0 atom stereocenters. The van der Waals surface area contributed by atoms with E-state index in [4.69, 9.17) is 0 Å². The minimum Gasteiger partial charge on any atom is -0.311 e. The van der Waals surface area contributed by atoms with Gasteiger partial charge in [-0.25, -0.2) is 12.8 Å². The van der Waals surface area contributed by atoms with Crippen molar-refractivity contribution >= 4 is 26.6 Å². The SMILES string of the molecule is Cc1cc(-c2n[nH]c3ccc(-c4ccn(Cc5cccc(F)c5NS(C)(=O)=O)c(=O)c4)cc23)ccn1. The molecule has 3 heterocycles. The second kappa shape index (κ2) is 9.04. The molecule has 0 bridgehead atoms. The van der Waals surface area contributed by atoms with Crippen LogP contribution in [0.2, 0.25) is 0 Å². The Kier molecular flexibility index (Phi) is 5.89. The number of benzene rings is 2. The first-order chi connectivity index (χ1) is 17.2. The van der Waals surface area contributed by atoms with Crippen molar-refractivity contribution in [2.45, 2.75) is 13.5 Å². The molecule has 182 valence electrons. The summed E-state index contributed by atoms with van der Waals surface area (Å²) in [5.41, 5.74) is 4.91. The zero-order chi connectivity index (χ0) is 25.4. The summed E-state index contributed by atoms with van der Waals surface area (Å²) < 4.78 is 41.3. The van der Waals surface area contributed by atoms with Crippen molar-refractivity contribution in [2.75, 3.05) is 11.0 Å². The molecule has 0 unspecified atom stereocenters. The van der Waals surface area contributed by atoms with Gasteiger partial charge in [-0.2, -0.15) is 5.10 Å². The maximum atomic E-state index is 14.3. The first-order valence-corrected chi connectivity index (χ1v) is 12.9. The summed E-state index contributed by atoms with van der Waals surface area (Å²) in [6.07, 6.45) is 4.30. The van der Waals surface area contributed by atoms with Crippen molar-refractivity contribution in [3.63, 3.8) is 0 Å². The summed E-state index contributed by atoms with van der Waals surface area (Å²) in [5, 5.41) is 8.42. The molecular formula is C26H22FN5O3S. The number of aromatic amines is 1. The largest absolute Gasteiger partial charge is 0.311 e. The van der Waals surface area contributed by atoms with E-state index in [9.17, 15) is 17.6 Å². The molecule has 0 aliphatic carbocycles. The smallest absolute Gasteiger partial charge is 0.251 e. The molecule has 0 amide bonds. The van der Waals surface area contributed by atoms with Crippen molar-refractivity contribution in [1.29, 1.82) is 0 Å². The first-order valence-electron chi connectivity index (χ1n) is 11.1. The molecular weight excluding hydrogens is 481 g/mol. The average Bonchev–Trinajstić information content (AvgIpc) is 3.25. The standard InChI is InChI=1S/C26H22FN5O3S/c1-16-12-19(8-10-28-16)25-21-13-17(6-7-23(21)29-30-25)18-9-11-32(24(33)14-18)15-20-4-3-5-22(27)26(20)31-36(2,34)35/h3-14,31H,15H2,1-2H3,(H,29,30). The monoisotopic (exact) mass is 503 g/mol. The Labute approximate surface area is 206 Å². The van der Waals surface area contributed by atoms with E-state index in [1.165, 1.54) is 16.7 Å². The summed E-state index contributed by atoms with van der Waals surface area (Å²) >= 11 is 0. The quantitative estimate of drug-likeness (QED) is 0.359. The van der Waals surface area contributed by atoms with E-state index in [0.29, 0.717) is 11.1 Å². The minimum atomic E-state index is -3.70. The summed E-state index contributed by atoms with van der Waals surface area (Å²) in [5.74, 6) is -0.712. The van der Waals surface area contributed by atoms with E-state index >= 15 is 0 Å². The maximum Gasteiger partial charge on any atom is 0.251 e. The Morgan fingerprint density at radius 3 is 2.58 bits per heavy atom. The first kappa shape index (κ1) is 23.4. The molecule has 3 aromatic heterocycles. The average molecular weight is 504 g/mol. The molecule has 0 aliphatic heterocycles. The normalized spacial score (nSPS) is 11.6. The van der Waals surface area contributed by atoms with Crippen molar-refractivity contribution in [2.24, 2.45) is 0 Å². The zero-order valence-corrected chi connectivity index (χ0v) is 20.3. The number of nitrogens with one attached hydrogen (secondary N) is 2. The number of sulfonamides is 1. The van der Waals surface area contributed by atoms with Gasteiger partial charge in [0, 0.05) is 35.1 Å². The summed E-state index contributed by atoms with van der Waals surface area (Å²) in [6, 6.07) is 17.2. The highest BCUT2D eigenvalue weighted by Crippen LogP contribution is 2.30. The van der Waals surface area contributed by atoms with Gasteiger partial charge < -0.3 is 4.57 Å². The van der Waals surface area contributed by atoms with E-state index in [1.54, 1.807) is 24.5 Å². The fraction of sp³-hybridized carbons (Fsp3) is 0.115. The van der Waals surface area contributed by atoms with Gasteiger partial charge in [-0.3, -0.25) is 19.6 Å². The number of rotatable bonds is 6. The number of nitrogens with zero attached hydrogens (tertiary/aromatic N) is 3. The molecule has 0 spiro atoms. The van der Waals surface area contributed by atoms with Crippen molar-refractivity contribution in [1.82, 2.24) is 19.7 Å². The van der Waals surface area contributed by atoms with Crippen LogP contribution in [-0.4, -0.2) is 34.4 Å². The van der Waals surface area contributed by atoms with Crippen LogP contribution in [0.4, 0.5) is 10.1 Å². The molecule has 8 nitrogen and oxygen atoms in total. The lowest BCUT2D eigenvalue weighted by molar-refractivity contribution is 0.603. The van der Waals surface area contributed by atoms with Gasteiger partial charge in [0.2, 0.25) is 10.0 Å². The van der Waals surface area contributed by atoms with E-state index in [0.717, 1.165) is 45.7 Å². The Bertz CT molecular complexity index is 1780. The number of fused-ring (bicyclic) bond motifs is 1. The fourth-order valence-corrected chi connectivity index (χ4v) is 4.71. The molecule has 0 aliphatic rings. The van der Waals surface area contributed by atoms with E-state index in [2.05, 4.69) is 19.9 Å². The topological polar surface area (TPSA) is 110 Å². The highest BCUT2D eigenvalue weighted by Gasteiger charge is 2.14. The van der Waals surface area contributed by atoms with Crippen LogP contribution in [0.15, 0.2) is 77.9 Å². The fourth-order valence-electron chi connectivity index (χ4n) is 4.11. The maximum absolute atomic E-state index is 14.3. The van der Waals surface area contributed by atoms with Crippen molar-refractivity contribution in [3.8, 4) is 22.4 Å². The Hall–Kier alpha value is -4.31. The number of anilines is 1. The molecule has 0 fully saturated rings. The predicted molar refractivity (Wildman–Crippen MR) is 138 cm³/mol. The molecule has 0 saturated heterocycles. The van der Waals surface area contributed by atoms with E-state index in [1.807, 2.05) is 37.3 Å². The second-order valence-electron chi connectivity index (χ2n) is 8.55. The Balaban J connectivity index is 1.49. The minimum absolute atomic E-state index is 0.00103. The van der Waals surface area contributed by atoms with Crippen molar-refractivity contribution < 1.29 is 12.8 Å². The molecule has 0 saturated carbocycles. The zero-order valence-electron chi connectivity index (χ0n) is 19.5. The van der Waals surface area contributed by atoms with Gasteiger partial charge in [0.1, 0.15) is 11.5 Å². The molecule has 36 heavy (non-hydrogen) atoms. The van der Waals surface area contributed by atoms with Gasteiger partial charge in [-0.1, -0.05) is 18.2 Å². The number of aryl methyl sites for hydroxylation is 1. The molecule has 5 rings (SSSR count). The number of hydrogen-bond donors (Lipinski definition) is 2. The number of para-hydroxylation sites is 1. The highest BCUT2D eigenvalue weighted by atomic mass is 32.2. The number of aromatic nitrogens is 4. The summed E-state index contributed by atoms with van der Waals surface area (Å²) in [6.45, 7) is 1.92. The number of hydrogen-bond acceptors (Lipinski definition) is 5. The molecule has 10 heteroatoms. The van der Waals surface area contributed by atoms with Crippen LogP contribution in [0.25, 0.3) is 33.3 Å². The predicted octanol–water partition coefficient (Wildman–Crippen LogP) is 4.32. The van der Waals surface area contributed by atoms with Crippen molar-refractivity contribution in [3.05, 3.63) is 100 Å². The second-order valence-corrected chi connectivity index (χ2v) is 10.3. The number of H-pyrrole nitrogens is 1. The van der Waals surface area contributed by atoms with Gasteiger partial charge >= 0.3 is 0 Å². The Morgan fingerprint density at radius 1 is 1.03 bits per heavy atom. The van der Waals surface area contributed by atoms with Crippen LogP contribution in [0, 0.1) is 12.7 Å². The van der Waals surface area contributed by atoms with Gasteiger partial charge in [0.05, 0.1) is 24.0 Å². The van der Waals surface area contributed by atoms with Gasteiger partial charge in [-0.15, -0.1) is 0 Å². The van der Waals surface area contributed by atoms with Crippen LogP contribution >= 0.6 is 0 Å². The lowest BCUT2D eigenvalue weighted by atomic mass is 10.0. The lowest BCUT2D eigenvalue weighted by Gasteiger charge is -2.13. The summed E-state index contributed by atoms with van der Waals surface area (Å²) in [4.78, 5) is 17.2. The van der Waals surface area contributed by atoms with Crippen LogP contribution in [0.5, 0.6) is 0 Å². The van der Waals surface area contributed by atoms with Gasteiger partial charge in [0.25, 0.3) is 5.56 Å². The molecule has 5 aromatic rings. The number of halogens is 1. The Morgan fingerprint density at radius 2 is 1.83 bits per heavy atom. The molecule has 2 aromatic carbocycles. The van der Waals surface area contributed by atoms with Crippen LogP contribution in [0.1, 0.15) is 11.3 Å². The van der Waals surface area contributed by atoms with E-state index in [-0.39, 0.29) is 17.8 Å². The van der Waals surface area contributed by atoms with Crippen LogP contribution < -0.4 is 10.3 Å². The van der Waals surface area contributed by atoms with Gasteiger partial charge in [-0.05, 0) is 60.0 Å². The lowest BCUT2D eigenvalue weighted by Crippen LogP contribution is -2.21. The van der Waals surface area contributed by atoms with Gasteiger partial charge in [0.15, 0.2) is 0 Å². The van der Waals surface area contributed by atoms with Crippen LogP contribution in [-0.2, 0) is 16.6 Å². The third kappa shape index (κ3) is 4.76. The summed E-state index contributed by atoms with van der Waals surface area (Å²) in [7, 11) is -3.70. The van der Waals surface area contributed by atoms with Crippen LogP contribution in [0.3, 0.4) is 0 Å². The third-order valence-corrected chi connectivity index (χ3v) is 6.37.